The normalized spacial score (nSPS) is 16.9. The Hall–Kier alpha value is -1.52. The van der Waals surface area contributed by atoms with Gasteiger partial charge in [0.1, 0.15) is 0 Å². The predicted octanol–water partition coefficient (Wildman–Crippen LogP) is 3.30. The molecule has 1 unspecified atom stereocenters. The van der Waals surface area contributed by atoms with Gasteiger partial charge in [0, 0.05) is 18.6 Å². The summed E-state index contributed by atoms with van der Waals surface area (Å²) in [5.74, 6) is 0.815. The van der Waals surface area contributed by atoms with Crippen LogP contribution in [0.15, 0.2) is 40.9 Å². The standard InChI is InChI=1S/C17H24ClN3O/c1-13(15-3-5-16(18)6-4-15)21-17(19-2)20-10-7-14-8-11-22-12-9-14/h3-6,8,13H,7,9-12H2,1-2H3,(H2,19,20,21). The molecular formula is C17H24ClN3O. The molecule has 1 aliphatic rings. The zero-order chi connectivity index (χ0) is 15.8. The lowest BCUT2D eigenvalue weighted by Crippen LogP contribution is -2.39. The molecule has 0 aliphatic carbocycles. The Morgan fingerprint density at radius 2 is 2.14 bits per heavy atom. The summed E-state index contributed by atoms with van der Waals surface area (Å²) in [6, 6.07) is 8.04. The van der Waals surface area contributed by atoms with Gasteiger partial charge in [-0.3, -0.25) is 4.99 Å². The van der Waals surface area contributed by atoms with Crippen LogP contribution in [0.2, 0.25) is 5.02 Å². The van der Waals surface area contributed by atoms with Gasteiger partial charge in [-0.15, -0.1) is 0 Å². The van der Waals surface area contributed by atoms with Crippen molar-refractivity contribution in [3.05, 3.63) is 46.5 Å². The molecule has 22 heavy (non-hydrogen) atoms. The van der Waals surface area contributed by atoms with Crippen molar-refractivity contribution < 1.29 is 4.74 Å². The second-order valence-electron chi connectivity index (χ2n) is 5.35. The quantitative estimate of drug-likeness (QED) is 0.497. The van der Waals surface area contributed by atoms with Crippen LogP contribution >= 0.6 is 11.6 Å². The molecule has 0 radical (unpaired) electrons. The summed E-state index contributed by atoms with van der Waals surface area (Å²) in [6.07, 6.45) is 4.24. The number of nitrogens with one attached hydrogen (secondary N) is 2. The van der Waals surface area contributed by atoms with Crippen molar-refractivity contribution in [2.24, 2.45) is 4.99 Å². The van der Waals surface area contributed by atoms with E-state index in [4.69, 9.17) is 16.3 Å². The molecule has 1 aliphatic heterocycles. The Labute approximate surface area is 137 Å². The summed E-state index contributed by atoms with van der Waals surface area (Å²) in [5, 5.41) is 7.50. The van der Waals surface area contributed by atoms with Crippen LogP contribution in [0.3, 0.4) is 0 Å². The van der Waals surface area contributed by atoms with Crippen molar-refractivity contribution in [3.63, 3.8) is 0 Å². The Morgan fingerprint density at radius 1 is 1.36 bits per heavy atom. The third kappa shape index (κ3) is 5.35. The predicted molar refractivity (Wildman–Crippen MR) is 92.5 cm³/mol. The molecule has 1 aromatic rings. The monoisotopic (exact) mass is 321 g/mol. The van der Waals surface area contributed by atoms with E-state index in [1.54, 1.807) is 7.05 Å². The van der Waals surface area contributed by atoms with Gasteiger partial charge in [0.15, 0.2) is 5.96 Å². The van der Waals surface area contributed by atoms with Crippen LogP contribution < -0.4 is 10.6 Å². The first-order chi connectivity index (χ1) is 10.7. The maximum absolute atomic E-state index is 5.92. The zero-order valence-corrected chi connectivity index (χ0v) is 14.0. The van der Waals surface area contributed by atoms with Gasteiger partial charge in [-0.1, -0.05) is 35.4 Å². The van der Waals surface area contributed by atoms with E-state index < -0.39 is 0 Å². The molecule has 1 aromatic carbocycles. The lowest BCUT2D eigenvalue weighted by atomic mass is 10.1. The molecule has 0 bridgehead atoms. The highest BCUT2D eigenvalue weighted by molar-refractivity contribution is 6.30. The molecule has 5 heteroatoms. The summed E-state index contributed by atoms with van der Waals surface area (Å²) in [4.78, 5) is 4.28. The van der Waals surface area contributed by atoms with Crippen LogP contribution in [0.4, 0.5) is 0 Å². The largest absolute Gasteiger partial charge is 0.377 e. The van der Waals surface area contributed by atoms with Crippen LogP contribution in [0.1, 0.15) is 31.4 Å². The lowest BCUT2D eigenvalue weighted by molar-refractivity contribution is 0.153. The zero-order valence-electron chi connectivity index (χ0n) is 13.2. The third-order valence-corrected chi connectivity index (χ3v) is 3.99. The van der Waals surface area contributed by atoms with Gasteiger partial charge in [0.25, 0.3) is 0 Å². The van der Waals surface area contributed by atoms with E-state index in [2.05, 4.69) is 28.6 Å². The van der Waals surface area contributed by atoms with E-state index in [0.29, 0.717) is 0 Å². The van der Waals surface area contributed by atoms with E-state index in [9.17, 15) is 0 Å². The highest BCUT2D eigenvalue weighted by Crippen LogP contribution is 2.16. The Bertz CT molecular complexity index is 525. The minimum atomic E-state index is 0.172. The molecule has 0 amide bonds. The van der Waals surface area contributed by atoms with Crippen molar-refractivity contribution in [3.8, 4) is 0 Å². The van der Waals surface area contributed by atoms with Gasteiger partial charge >= 0.3 is 0 Å². The van der Waals surface area contributed by atoms with Crippen LogP contribution in [0.5, 0.6) is 0 Å². The number of nitrogens with zero attached hydrogens (tertiary/aromatic N) is 1. The van der Waals surface area contributed by atoms with Gasteiger partial charge in [0.2, 0.25) is 0 Å². The fourth-order valence-corrected chi connectivity index (χ4v) is 2.49. The van der Waals surface area contributed by atoms with Crippen molar-refractivity contribution >= 4 is 17.6 Å². The number of guanidine groups is 1. The SMILES string of the molecule is CN=C(NCCC1=CCOCC1)NC(C)c1ccc(Cl)cc1. The van der Waals surface area contributed by atoms with Crippen LogP contribution in [-0.2, 0) is 4.74 Å². The van der Waals surface area contributed by atoms with Gasteiger partial charge in [0.05, 0.1) is 19.3 Å². The van der Waals surface area contributed by atoms with E-state index >= 15 is 0 Å². The molecule has 0 saturated heterocycles. The number of hydrogen-bond acceptors (Lipinski definition) is 2. The van der Waals surface area contributed by atoms with Crippen molar-refractivity contribution in [1.82, 2.24) is 10.6 Å². The molecule has 1 atom stereocenters. The topological polar surface area (TPSA) is 45.7 Å². The molecule has 0 saturated carbocycles. The van der Waals surface area contributed by atoms with Crippen molar-refractivity contribution in [1.29, 1.82) is 0 Å². The summed E-state index contributed by atoms with van der Waals surface area (Å²) in [6.45, 7) is 4.57. The number of ether oxygens (including phenoxy) is 1. The van der Waals surface area contributed by atoms with Crippen LogP contribution in [0.25, 0.3) is 0 Å². The minimum Gasteiger partial charge on any atom is -0.377 e. The number of hydrogen-bond donors (Lipinski definition) is 2. The number of aliphatic imine (C=N–C) groups is 1. The molecule has 0 aromatic heterocycles. The van der Waals surface area contributed by atoms with Crippen LogP contribution in [0, 0.1) is 0 Å². The van der Waals surface area contributed by atoms with Gasteiger partial charge in [-0.05, 0) is 37.5 Å². The summed E-state index contributed by atoms with van der Waals surface area (Å²) in [5.41, 5.74) is 2.64. The summed E-state index contributed by atoms with van der Waals surface area (Å²) >= 11 is 5.92. The number of rotatable bonds is 5. The van der Waals surface area contributed by atoms with Gasteiger partial charge in [-0.2, -0.15) is 0 Å². The maximum Gasteiger partial charge on any atom is 0.191 e. The second kappa shape index (κ2) is 8.81. The smallest absolute Gasteiger partial charge is 0.191 e. The number of halogens is 1. The molecule has 0 spiro atoms. The highest BCUT2D eigenvalue weighted by atomic mass is 35.5. The molecule has 2 N–H and O–H groups in total. The first-order valence-electron chi connectivity index (χ1n) is 7.67. The fourth-order valence-electron chi connectivity index (χ4n) is 2.37. The molecule has 1 heterocycles. The molecule has 0 fully saturated rings. The first-order valence-corrected chi connectivity index (χ1v) is 8.05. The molecular weight excluding hydrogens is 298 g/mol. The highest BCUT2D eigenvalue weighted by Gasteiger charge is 2.08. The Morgan fingerprint density at radius 3 is 2.77 bits per heavy atom. The fraction of sp³-hybridized carbons (Fsp3) is 0.471. The average molecular weight is 322 g/mol. The molecule has 120 valence electrons. The van der Waals surface area contributed by atoms with E-state index in [0.717, 1.165) is 43.6 Å². The van der Waals surface area contributed by atoms with E-state index in [-0.39, 0.29) is 6.04 Å². The molecule has 2 rings (SSSR count). The number of benzene rings is 1. The van der Waals surface area contributed by atoms with Crippen molar-refractivity contribution in [2.45, 2.75) is 25.8 Å². The lowest BCUT2D eigenvalue weighted by Gasteiger charge is -2.19. The van der Waals surface area contributed by atoms with E-state index in [1.807, 2.05) is 24.3 Å². The van der Waals surface area contributed by atoms with E-state index in [1.165, 1.54) is 11.1 Å². The minimum absolute atomic E-state index is 0.172. The summed E-state index contributed by atoms with van der Waals surface area (Å²) in [7, 11) is 1.79. The van der Waals surface area contributed by atoms with Gasteiger partial charge in [-0.25, -0.2) is 0 Å². The van der Waals surface area contributed by atoms with Crippen molar-refractivity contribution in [2.75, 3.05) is 26.8 Å². The maximum atomic E-state index is 5.92. The van der Waals surface area contributed by atoms with Crippen LogP contribution in [-0.4, -0.2) is 32.8 Å². The Kier molecular flexibility index (Phi) is 6.74. The Balaban J connectivity index is 1.79. The van der Waals surface area contributed by atoms with Gasteiger partial charge < -0.3 is 15.4 Å². The first kappa shape index (κ1) is 16.8. The third-order valence-electron chi connectivity index (χ3n) is 3.74. The molecule has 4 nitrogen and oxygen atoms in total. The second-order valence-corrected chi connectivity index (χ2v) is 5.79. The average Bonchev–Trinajstić information content (AvgIpc) is 2.55. The summed E-state index contributed by atoms with van der Waals surface area (Å²) < 4.78 is 5.32.